The summed E-state index contributed by atoms with van der Waals surface area (Å²) >= 11 is 0. The van der Waals surface area contributed by atoms with Gasteiger partial charge < -0.3 is 9.64 Å². The number of para-hydroxylation sites is 3. The van der Waals surface area contributed by atoms with Crippen LogP contribution < -0.4 is 9.64 Å². The number of rotatable bonds is 7. The standard InChI is InChI=1S/C61H41NO/c1-4-19-42(20-5-1)47-37-48(43-21-6-2-7-22-43)40-50(39-47)62(58-32-15-11-27-51(58)44-23-8-3-9-24-44)49-26-18-25-45(38-49)46-35-36-53-52-28-10-12-29-54(52)61(57(53)41-46)55-30-13-16-33-59(55)63-60-34-17-14-31-56(60)61/h1-41H. The van der Waals surface area contributed by atoms with Crippen LogP contribution in [0.2, 0.25) is 0 Å². The van der Waals surface area contributed by atoms with E-state index in [0.29, 0.717) is 0 Å². The fourth-order valence-electron chi connectivity index (χ4n) is 10.2. The van der Waals surface area contributed by atoms with Crippen LogP contribution in [0.15, 0.2) is 249 Å². The first kappa shape index (κ1) is 36.6. The van der Waals surface area contributed by atoms with Gasteiger partial charge in [-0.1, -0.05) is 194 Å². The van der Waals surface area contributed by atoms with Gasteiger partial charge in [0, 0.05) is 28.1 Å². The summed E-state index contributed by atoms with van der Waals surface area (Å²) in [7, 11) is 0. The number of nitrogens with zero attached hydrogens (tertiary/aromatic N) is 1. The maximum absolute atomic E-state index is 6.64. The van der Waals surface area contributed by atoms with Gasteiger partial charge in [-0.25, -0.2) is 0 Å². The van der Waals surface area contributed by atoms with Crippen LogP contribution in [0.4, 0.5) is 17.1 Å². The van der Waals surface area contributed by atoms with Crippen LogP contribution in [-0.2, 0) is 5.41 Å². The lowest BCUT2D eigenvalue weighted by atomic mass is 9.66. The fourth-order valence-corrected chi connectivity index (χ4v) is 10.2. The Labute approximate surface area is 368 Å². The van der Waals surface area contributed by atoms with Crippen molar-refractivity contribution in [1.82, 2.24) is 0 Å². The molecule has 0 fully saturated rings. The summed E-state index contributed by atoms with van der Waals surface area (Å²) < 4.78 is 6.64. The van der Waals surface area contributed by atoms with Crippen LogP contribution in [0.1, 0.15) is 22.3 Å². The lowest BCUT2D eigenvalue weighted by molar-refractivity contribution is 0.436. The summed E-state index contributed by atoms with van der Waals surface area (Å²) in [6.45, 7) is 0. The molecule has 1 spiro atoms. The zero-order valence-corrected chi connectivity index (χ0v) is 34.5. The van der Waals surface area contributed by atoms with E-state index in [1.807, 2.05) is 0 Å². The maximum Gasteiger partial charge on any atom is 0.132 e. The second-order valence-electron chi connectivity index (χ2n) is 16.4. The van der Waals surface area contributed by atoms with Crippen molar-refractivity contribution in [2.24, 2.45) is 0 Å². The van der Waals surface area contributed by atoms with Gasteiger partial charge >= 0.3 is 0 Å². The number of ether oxygens (including phenoxy) is 1. The molecule has 0 amide bonds. The summed E-state index contributed by atoms with van der Waals surface area (Å²) in [4.78, 5) is 2.44. The first-order valence-corrected chi connectivity index (χ1v) is 21.7. The minimum absolute atomic E-state index is 0.544. The predicted octanol–water partition coefficient (Wildman–Crippen LogP) is 16.3. The third kappa shape index (κ3) is 6.02. The average molecular weight is 804 g/mol. The smallest absolute Gasteiger partial charge is 0.132 e. The molecule has 2 heteroatoms. The van der Waals surface area contributed by atoms with E-state index in [9.17, 15) is 0 Å². The molecule has 10 aromatic carbocycles. The molecule has 12 rings (SSSR count). The summed E-state index contributed by atoms with van der Waals surface area (Å²) in [6.07, 6.45) is 0. The van der Waals surface area contributed by atoms with Gasteiger partial charge in [0.1, 0.15) is 11.5 Å². The highest BCUT2D eigenvalue weighted by Crippen LogP contribution is 2.62. The second kappa shape index (κ2) is 15.1. The zero-order chi connectivity index (χ0) is 41.7. The van der Waals surface area contributed by atoms with Crippen LogP contribution in [0.5, 0.6) is 11.5 Å². The van der Waals surface area contributed by atoms with Crippen LogP contribution in [0, 0.1) is 0 Å². The van der Waals surface area contributed by atoms with Gasteiger partial charge in [-0.3, -0.25) is 0 Å². The highest BCUT2D eigenvalue weighted by molar-refractivity contribution is 5.93. The number of hydrogen-bond donors (Lipinski definition) is 0. The molecule has 0 bridgehead atoms. The Morgan fingerprint density at radius 3 is 1.40 bits per heavy atom. The first-order valence-electron chi connectivity index (χ1n) is 21.7. The van der Waals surface area contributed by atoms with Crippen LogP contribution in [0.3, 0.4) is 0 Å². The monoisotopic (exact) mass is 803 g/mol. The highest BCUT2D eigenvalue weighted by atomic mass is 16.5. The molecule has 0 atom stereocenters. The van der Waals surface area contributed by atoms with Crippen molar-refractivity contribution >= 4 is 17.1 Å². The molecule has 0 unspecified atom stereocenters. The fraction of sp³-hybridized carbons (Fsp3) is 0.0164. The summed E-state index contributed by atoms with van der Waals surface area (Å²) in [6, 6.07) is 90.2. The lowest BCUT2D eigenvalue weighted by Gasteiger charge is -2.39. The van der Waals surface area contributed by atoms with E-state index in [2.05, 4.69) is 254 Å². The number of fused-ring (bicyclic) bond motifs is 9. The van der Waals surface area contributed by atoms with E-state index < -0.39 is 5.41 Å². The van der Waals surface area contributed by atoms with Crippen molar-refractivity contribution in [3.63, 3.8) is 0 Å². The molecule has 2 aliphatic rings. The van der Waals surface area contributed by atoms with E-state index in [1.54, 1.807) is 0 Å². The van der Waals surface area contributed by atoms with Gasteiger partial charge in [0.25, 0.3) is 0 Å². The van der Waals surface area contributed by atoms with Crippen LogP contribution in [-0.4, -0.2) is 0 Å². The predicted molar refractivity (Wildman–Crippen MR) is 260 cm³/mol. The molecule has 296 valence electrons. The molecule has 0 N–H and O–H groups in total. The molecule has 1 heterocycles. The molecular weight excluding hydrogens is 763 g/mol. The van der Waals surface area contributed by atoms with Crippen molar-refractivity contribution in [3.8, 4) is 67.1 Å². The van der Waals surface area contributed by atoms with Crippen LogP contribution in [0.25, 0.3) is 55.6 Å². The Hall–Kier alpha value is -8.20. The van der Waals surface area contributed by atoms with Crippen molar-refractivity contribution in [3.05, 3.63) is 271 Å². The topological polar surface area (TPSA) is 12.5 Å². The second-order valence-corrected chi connectivity index (χ2v) is 16.4. The Bertz CT molecular complexity index is 3210. The van der Waals surface area contributed by atoms with Gasteiger partial charge in [0.15, 0.2) is 0 Å². The molecular formula is C61H41NO. The number of anilines is 3. The summed E-state index contributed by atoms with van der Waals surface area (Å²) in [5.74, 6) is 1.79. The molecule has 10 aromatic rings. The SMILES string of the molecule is c1ccc(-c2cc(-c3ccccc3)cc(N(c3cccc(-c4ccc5c(c4)C4(c6ccccc6Oc6ccccc64)c4ccccc4-5)c3)c3ccccc3-c3ccccc3)c2)cc1. The highest BCUT2D eigenvalue weighted by Gasteiger charge is 2.51. The third-order valence-corrected chi connectivity index (χ3v) is 12.9. The lowest BCUT2D eigenvalue weighted by Crippen LogP contribution is -2.32. The molecule has 2 nitrogen and oxygen atoms in total. The van der Waals surface area contributed by atoms with Gasteiger partial charge in [0.2, 0.25) is 0 Å². The Morgan fingerprint density at radius 2 is 0.746 bits per heavy atom. The average Bonchev–Trinajstić information content (AvgIpc) is 3.65. The minimum Gasteiger partial charge on any atom is -0.457 e. The van der Waals surface area contributed by atoms with Crippen LogP contribution >= 0.6 is 0 Å². The van der Waals surface area contributed by atoms with E-state index in [-0.39, 0.29) is 0 Å². The molecule has 63 heavy (non-hydrogen) atoms. The van der Waals surface area contributed by atoms with Crippen molar-refractivity contribution < 1.29 is 4.74 Å². The summed E-state index contributed by atoms with van der Waals surface area (Å²) in [5.41, 5.74) is 19.4. The molecule has 0 aromatic heterocycles. The Kier molecular flexibility index (Phi) is 8.76. The number of benzene rings is 10. The van der Waals surface area contributed by atoms with E-state index in [1.165, 1.54) is 33.4 Å². The zero-order valence-electron chi connectivity index (χ0n) is 34.5. The Balaban J connectivity index is 1.08. The van der Waals surface area contributed by atoms with E-state index >= 15 is 0 Å². The molecule has 1 aliphatic heterocycles. The molecule has 0 saturated carbocycles. The van der Waals surface area contributed by atoms with Gasteiger partial charge in [-0.15, -0.1) is 0 Å². The molecule has 0 saturated heterocycles. The Morgan fingerprint density at radius 1 is 0.270 bits per heavy atom. The quantitative estimate of drug-likeness (QED) is 0.159. The van der Waals surface area contributed by atoms with E-state index in [0.717, 1.165) is 73.1 Å². The summed E-state index contributed by atoms with van der Waals surface area (Å²) in [5, 5.41) is 0. The van der Waals surface area contributed by atoms with Crippen molar-refractivity contribution in [2.75, 3.05) is 4.90 Å². The maximum atomic E-state index is 6.64. The van der Waals surface area contributed by atoms with Gasteiger partial charge in [-0.2, -0.15) is 0 Å². The van der Waals surface area contributed by atoms with Crippen molar-refractivity contribution in [1.29, 1.82) is 0 Å². The largest absolute Gasteiger partial charge is 0.457 e. The van der Waals surface area contributed by atoms with Gasteiger partial charge in [-0.05, 0) is 116 Å². The van der Waals surface area contributed by atoms with Crippen molar-refractivity contribution in [2.45, 2.75) is 5.41 Å². The van der Waals surface area contributed by atoms with E-state index in [4.69, 9.17) is 4.74 Å². The normalized spacial score (nSPS) is 12.7. The van der Waals surface area contributed by atoms with Gasteiger partial charge in [0.05, 0.1) is 11.1 Å². The third-order valence-electron chi connectivity index (χ3n) is 12.9. The molecule has 0 radical (unpaired) electrons. The number of hydrogen-bond acceptors (Lipinski definition) is 2. The molecule has 1 aliphatic carbocycles. The first-order chi connectivity index (χ1) is 31.2. The minimum atomic E-state index is -0.544.